The molecule has 2 amide bonds. The Morgan fingerprint density at radius 3 is 2.74 bits per heavy atom. The van der Waals surface area contributed by atoms with Crippen LogP contribution in [0.2, 0.25) is 0 Å². The molecule has 4 bridgehead atoms. The minimum atomic E-state index is 0.00208. The summed E-state index contributed by atoms with van der Waals surface area (Å²) in [6, 6.07) is 16.6. The van der Waals surface area contributed by atoms with Gasteiger partial charge in [-0.2, -0.15) is 0 Å². The van der Waals surface area contributed by atoms with Crippen molar-refractivity contribution in [3.05, 3.63) is 60.3 Å². The summed E-state index contributed by atoms with van der Waals surface area (Å²) in [6.07, 6.45) is 8.85. The lowest BCUT2D eigenvalue weighted by atomic mass is 9.97. The number of ether oxygens (including phenoxy) is 1. The first-order chi connectivity index (χ1) is 22.4. The average molecular weight is 618 g/mol. The second kappa shape index (κ2) is 11.3. The Bertz CT molecular complexity index is 2010. The fourth-order valence-electron chi connectivity index (χ4n) is 8.01. The molecule has 236 valence electrons. The summed E-state index contributed by atoms with van der Waals surface area (Å²) in [4.78, 5) is 38.2. The Morgan fingerprint density at radius 2 is 1.93 bits per heavy atom. The van der Waals surface area contributed by atoms with Crippen molar-refractivity contribution in [2.75, 3.05) is 12.4 Å². The molecule has 0 spiro atoms. The predicted molar refractivity (Wildman–Crippen MR) is 179 cm³/mol. The average Bonchev–Trinajstić information content (AvgIpc) is 3.81. The van der Waals surface area contributed by atoms with E-state index >= 15 is 0 Å². The molecular formula is C36H39N7O3. The summed E-state index contributed by atoms with van der Waals surface area (Å²) in [5.41, 5.74) is 12.5. The number of aryl methyl sites for hydroxylation is 2. The fraction of sp³-hybridized carbons (Fsp3) is 0.389. The largest absolute Gasteiger partial charge is 0.494 e. The maximum absolute atomic E-state index is 13.8. The van der Waals surface area contributed by atoms with Crippen molar-refractivity contribution in [2.45, 2.75) is 76.0 Å². The lowest BCUT2D eigenvalue weighted by Gasteiger charge is -2.23. The first-order valence-corrected chi connectivity index (χ1v) is 16.4. The maximum atomic E-state index is 13.8. The Labute approximate surface area is 267 Å². The van der Waals surface area contributed by atoms with Gasteiger partial charge in [-0.05, 0) is 74.1 Å². The van der Waals surface area contributed by atoms with Crippen LogP contribution in [0.25, 0.3) is 44.6 Å². The van der Waals surface area contributed by atoms with E-state index in [4.69, 9.17) is 15.5 Å². The summed E-state index contributed by atoms with van der Waals surface area (Å²) in [5.74, 6) is 2.03. The quantitative estimate of drug-likeness (QED) is 0.261. The van der Waals surface area contributed by atoms with Gasteiger partial charge in [0.15, 0.2) is 5.82 Å². The van der Waals surface area contributed by atoms with Gasteiger partial charge in [0, 0.05) is 66.4 Å². The number of hydrogen-bond donors (Lipinski definition) is 2. The number of hydrogen-bond acceptors (Lipinski definition) is 6. The number of carbonyl (C=O) groups is 2. The van der Waals surface area contributed by atoms with Gasteiger partial charge in [0.25, 0.3) is 5.91 Å². The molecule has 2 saturated heterocycles. The molecule has 2 fully saturated rings. The van der Waals surface area contributed by atoms with Gasteiger partial charge in [-0.1, -0.05) is 25.0 Å². The smallest absolute Gasteiger partial charge is 0.254 e. The van der Waals surface area contributed by atoms with E-state index in [0.717, 1.165) is 96.1 Å². The zero-order valence-electron chi connectivity index (χ0n) is 26.3. The number of aromatic nitrogens is 4. The number of benzene rings is 2. The van der Waals surface area contributed by atoms with Crippen molar-refractivity contribution in [3.63, 3.8) is 0 Å². The number of fused-ring (bicyclic) bond motifs is 6. The summed E-state index contributed by atoms with van der Waals surface area (Å²) in [7, 11) is 3.66. The van der Waals surface area contributed by atoms with Gasteiger partial charge in [0.05, 0.1) is 18.3 Å². The van der Waals surface area contributed by atoms with Gasteiger partial charge in [-0.25, -0.2) is 9.97 Å². The highest BCUT2D eigenvalue weighted by Crippen LogP contribution is 2.40. The van der Waals surface area contributed by atoms with E-state index in [9.17, 15) is 9.59 Å². The number of rotatable bonds is 3. The number of pyridine rings is 1. The van der Waals surface area contributed by atoms with Gasteiger partial charge >= 0.3 is 0 Å². The molecule has 6 heterocycles. The van der Waals surface area contributed by atoms with Gasteiger partial charge in [-0.15, -0.1) is 0 Å². The first-order valence-electron chi connectivity index (χ1n) is 16.4. The lowest BCUT2D eigenvalue weighted by Crippen LogP contribution is -2.40. The van der Waals surface area contributed by atoms with Crippen LogP contribution in [0, 0.1) is 0 Å². The summed E-state index contributed by atoms with van der Waals surface area (Å²) >= 11 is 0. The molecule has 0 unspecified atom stereocenters. The molecule has 5 aromatic rings. The SMILES string of the molecule is COc1cc(C(=O)N2[C@H]3CC[C@@H]2[C@H](N)C3)cc2nc(-c3cc4ccc5cc4n3CCCCCCC(=O)Nc3ncccc3-5)n(C)c12. The number of nitrogens with one attached hydrogen (secondary N) is 1. The molecule has 0 radical (unpaired) electrons. The van der Waals surface area contributed by atoms with Crippen molar-refractivity contribution in [2.24, 2.45) is 12.8 Å². The van der Waals surface area contributed by atoms with Crippen LogP contribution < -0.4 is 15.8 Å². The molecule has 3 aromatic heterocycles. The first kappa shape index (κ1) is 28.8. The second-order valence-corrected chi connectivity index (χ2v) is 13.0. The normalized spacial score (nSPS) is 21.5. The molecule has 3 atom stereocenters. The van der Waals surface area contributed by atoms with Crippen molar-refractivity contribution in [1.82, 2.24) is 24.0 Å². The number of carbonyl (C=O) groups excluding carboxylic acids is 2. The monoisotopic (exact) mass is 617 g/mol. The van der Waals surface area contributed by atoms with E-state index in [1.54, 1.807) is 13.3 Å². The van der Waals surface area contributed by atoms with Crippen LogP contribution in [-0.2, 0) is 18.4 Å². The maximum Gasteiger partial charge on any atom is 0.254 e. The number of methoxy groups -OCH3 is 1. The molecule has 3 aliphatic rings. The Kier molecular flexibility index (Phi) is 7.05. The number of nitrogens with zero attached hydrogens (tertiary/aromatic N) is 5. The van der Waals surface area contributed by atoms with Gasteiger partial charge in [0.2, 0.25) is 5.91 Å². The second-order valence-electron chi connectivity index (χ2n) is 13.0. The van der Waals surface area contributed by atoms with Crippen molar-refractivity contribution in [3.8, 4) is 28.4 Å². The molecule has 8 rings (SSSR count). The van der Waals surface area contributed by atoms with Crippen molar-refractivity contribution < 1.29 is 14.3 Å². The minimum absolute atomic E-state index is 0.00208. The third kappa shape index (κ3) is 4.65. The summed E-state index contributed by atoms with van der Waals surface area (Å²) in [6.45, 7) is 0.816. The van der Waals surface area contributed by atoms with Crippen LogP contribution in [0.3, 0.4) is 0 Å². The van der Waals surface area contributed by atoms with E-state index in [0.29, 0.717) is 23.6 Å². The van der Waals surface area contributed by atoms with Crippen LogP contribution in [0.15, 0.2) is 54.7 Å². The Morgan fingerprint density at radius 1 is 1.07 bits per heavy atom. The van der Waals surface area contributed by atoms with Gasteiger partial charge in [-0.3, -0.25) is 9.59 Å². The zero-order chi connectivity index (χ0) is 31.5. The number of nitrogens with two attached hydrogens (primary N) is 1. The van der Waals surface area contributed by atoms with Crippen LogP contribution in [0.4, 0.5) is 5.82 Å². The predicted octanol–water partition coefficient (Wildman–Crippen LogP) is 5.87. The van der Waals surface area contributed by atoms with Gasteiger partial charge < -0.3 is 29.8 Å². The van der Waals surface area contributed by atoms with Crippen LogP contribution in [-0.4, -0.2) is 61.1 Å². The Hall–Kier alpha value is -4.70. The molecule has 3 aliphatic heterocycles. The molecule has 0 saturated carbocycles. The third-order valence-electron chi connectivity index (χ3n) is 10.3. The summed E-state index contributed by atoms with van der Waals surface area (Å²) < 4.78 is 10.3. The molecule has 0 aliphatic carbocycles. The highest BCUT2D eigenvalue weighted by atomic mass is 16.5. The number of amides is 2. The standard InChI is InChI=1S/C36H39N7O3/c1-41-33-27(16-23(19-31(33)46-2)36(45)43-24-12-13-28(43)26(37)20-24)39-35(41)30-18-22-11-10-21-17-29(22)42(30)15-6-4-3-5-9-32(44)40-34-25(21)8-7-14-38-34/h7-8,10-11,14,16-19,24,26,28H,3-6,9,12-13,15,20,37H2,1-2H3,(H,38,40,44)/t24-,26+,28+/m0/s1. The zero-order valence-corrected chi connectivity index (χ0v) is 26.3. The van der Waals surface area contributed by atoms with E-state index < -0.39 is 0 Å². The number of imidazole rings is 1. The molecule has 2 aromatic carbocycles. The highest BCUT2D eigenvalue weighted by molar-refractivity contribution is 6.01. The molecule has 10 nitrogen and oxygen atoms in total. The van der Waals surface area contributed by atoms with Crippen LogP contribution >= 0.6 is 0 Å². The van der Waals surface area contributed by atoms with E-state index in [-0.39, 0.29) is 29.9 Å². The summed E-state index contributed by atoms with van der Waals surface area (Å²) in [5, 5.41) is 4.15. The molecular weight excluding hydrogens is 578 g/mol. The molecule has 10 heteroatoms. The fourth-order valence-corrected chi connectivity index (χ4v) is 8.01. The van der Waals surface area contributed by atoms with Crippen molar-refractivity contribution in [1.29, 1.82) is 0 Å². The van der Waals surface area contributed by atoms with Crippen LogP contribution in [0.5, 0.6) is 5.75 Å². The van der Waals surface area contributed by atoms with Crippen LogP contribution in [0.1, 0.15) is 61.7 Å². The highest BCUT2D eigenvalue weighted by Gasteiger charge is 2.47. The van der Waals surface area contributed by atoms with E-state index in [1.807, 2.05) is 36.2 Å². The topological polar surface area (TPSA) is 120 Å². The molecule has 46 heavy (non-hydrogen) atoms. The van der Waals surface area contributed by atoms with E-state index in [1.165, 1.54) is 0 Å². The number of anilines is 1. The van der Waals surface area contributed by atoms with Gasteiger partial charge in [0.1, 0.15) is 17.1 Å². The lowest BCUT2D eigenvalue weighted by molar-refractivity contribution is -0.116. The third-order valence-corrected chi connectivity index (χ3v) is 10.3. The van der Waals surface area contributed by atoms with Crippen molar-refractivity contribution >= 4 is 39.6 Å². The Balaban J connectivity index is 1.25. The molecule has 3 N–H and O–H groups in total. The van der Waals surface area contributed by atoms with E-state index in [2.05, 4.69) is 43.7 Å². The minimum Gasteiger partial charge on any atom is -0.494 e.